The molecule has 0 unspecified atom stereocenters. The maximum absolute atomic E-state index is 11.7. The van der Waals surface area contributed by atoms with Crippen LogP contribution in [-0.4, -0.2) is 35.3 Å². The van der Waals surface area contributed by atoms with Gasteiger partial charge in [-0.3, -0.25) is 14.3 Å². The van der Waals surface area contributed by atoms with Crippen LogP contribution in [0.25, 0.3) is 0 Å². The highest BCUT2D eigenvalue weighted by Gasteiger charge is 2.07. The Bertz CT molecular complexity index is 437. The second kappa shape index (κ2) is 11.1. The molecule has 1 amide bonds. The van der Waals surface area contributed by atoms with Crippen LogP contribution < -0.4 is 11.1 Å². The van der Waals surface area contributed by atoms with Crippen molar-refractivity contribution in [2.24, 2.45) is 5.73 Å². The van der Waals surface area contributed by atoms with Gasteiger partial charge in [0.05, 0.1) is 7.11 Å². The van der Waals surface area contributed by atoms with Crippen molar-refractivity contribution in [1.29, 1.82) is 0 Å². The van der Waals surface area contributed by atoms with Crippen LogP contribution in [0.5, 0.6) is 0 Å². The first-order valence-electron chi connectivity index (χ1n) is 6.76. The van der Waals surface area contributed by atoms with E-state index in [0.717, 1.165) is 25.7 Å². The molecule has 0 aromatic carbocycles. The number of nitrogens with two attached hydrogens (primary N) is 1. The van der Waals surface area contributed by atoms with E-state index in [0.29, 0.717) is 18.8 Å². The summed E-state index contributed by atoms with van der Waals surface area (Å²) >= 11 is 0. The number of halogens is 1. The van der Waals surface area contributed by atoms with Gasteiger partial charge in [-0.2, -0.15) is 5.10 Å². The molecule has 0 bridgehead atoms. The summed E-state index contributed by atoms with van der Waals surface area (Å²) in [6.07, 6.45) is 5.98. The van der Waals surface area contributed by atoms with Crippen LogP contribution in [0.3, 0.4) is 0 Å². The number of anilines is 1. The molecule has 0 saturated carbocycles. The second-order valence-electron chi connectivity index (χ2n) is 4.48. The molecule has 21 heavy (non-hydrogen) atoms. The molecule has 0 aliphatic heterocycles. The Balaban J connectivity index is 0.00000400. The third kappa shape index (κ3) is 8.31. The van der Waals surface area contributed by atoms with Crippen LogP contribution in [0.2, 0.25) is 0 Å². The second-order valence-corrected chi connectivity index (χ2v) is 4.48. The number of nitrogens with one attached hydrogen (secondary N) is 1. The Labute approximate surface area is 130 Å². The van der Waals surface area contributed by atoms with Crippen LogP contribution in [0, 0.1) is 0 Å². The molecule has 0 atom stereocenters. The molecule has 1 heterocycles. The SMILES string of the molecule is COC(=O)Cn1ccc(NC(=O)CCCCCCN)n1.Cl. The predicted octanol–water partition coefficient (Wildman–Crippen LogP) is 1.33. The van der Waals surface area contributed by atoms with Crippen molar-refractivity contribution in [2.45, 2.75) is 38.6 Å². The molecule has 120 valence electrons. The van der Waals surface area contributed by atoms with Gasteiger partial charge in [-0.05, 0) is 19.4 Å². The lowest BCUT2D eigenvalue weighted by Crippen LogP contribution is -2.14. The molecule has 8 heteroatoms. The minimum atomic E-state index is -0.383. The van der Waals surface area contributed by atoms with Gasteiger partial charge in [0, 0.05) is 18.7 Å². The molecule has 7 nitrogen and oxygen atoms in total. The van der Waals surface area contributed by atoms with Crippen molar-refractivity contribution in [1.82, 2.24) is 9.78 Å². The molecule has 0 aliphatic rings. The van der Waals surface area contributed by atoms with Crippen molar-refractivity contribution in [3.63, 3.8) is 0 Å². The normalized spacial score (nSPS) is 9.81. The van der Waals surface area contributed by atoms with Gasteiger partial charge in [0.15, 0.2) is 5.82 Å². The fourth-order valence-electron chi connectivity index (χ4n) is 1.70. The summed E-state index contributed by atoms with van der Waals surface area (Å²) in [5.41, 5.74) is 5.40. The fourth-order valence-corrected chi connectivity index (χ4v) is 1.70. The van der Waals surface area contributed by atoms with Gasteiger partial charge in [0.25, 0.3) is 0 Å². The first-order valence-corrected chi connectivity index (χ1v) is 6.76. The molecular weight excluding hydrogens is 296 g/mol. The maximum Gasteiger partial charge on any atom is 0.327 e. The average Bonchev–Trinajstić information content (AvgIpc) is 2.85. The summed E-state index contributed by atoms with van der Waals surface area (Å²) in [5, 5.41) is 6.76. The van der Waals surface area contributed by atoms with E-state index in [4.69, 9.17) is 5.73 Å². The Kier molecular flexibility index (Phi) is 10.3. The summed E-state index contributed by atoms with van der Waals surface area (Å²) in [7, 11) is 1.32. The molecule has 1 aromatic heterocycles. The molecule has 0 fully saturated rings. The summed E-state index contributed by atoms with van der Waals surface area (Å²) in [5.74, 6) is -0.00666. The van der Waals surface area contributed by atoms with Crippen LogP contribution in [0.15, 0.2) is 12.3 Å². The number of hydrogen-bond donors (Lipinski definition) is 2. The lowest BCUT2D eigenvalue weighted by atomic mass is 10.1. The zero-order chi connectivity index (χ0) is 14.8. The minimum absolute atomic E-state index is 0. The molecule has 0 aliphatic carbocycles. The van der Waals surface area contributed by atoms with E-state index in [1.165, 1.54) is 11.8 Å². The van der Waals surface area contributed by atoms with E-state index in [1.807, 2.05) is 0 Å². The number of amides is 1. The van der Waals surface area contributed by atoms with Gasteiger partial charge in [-0.15, -0.1) is 12.4 Å². The van der Waals surface area contributed by atoms with E-state index in [2.05, 4.69) is 15.2 Å². The number of methoxy groups -OCH3 is 1. The standard InChI is InChI=1S/C13H22N4O3.ClH/c1-20-13(19)10-17-9-7-11(16-17)15-12(18)6-4-2-3-5-8-14;/h7,9H,2-6,8,10,14H2,1H3,(H,15,16,18);1H. The number of nitrogens with zero attached hydrogens (tertiary/aromatic N) is 2. The zero-order valence-corrected chi connectivity index (χ0v) is 13.0. The molecule has 1 rings (SSSR count). The van der Waals surface area contributed by atoms with Crippen molar-refractivity contribution in [3.05, 3.63) is 12.3 Å². The molecule has 1 aromatic rings. The van der Waals surface area contributed by atoms with Crippen molar-refractivity contribution in [3.8, 4) is 0 Å². The van der Waals surface area contributed by atoms with Crippen LogP contribution in [-0.2, 0) is 20.9 Å². The predicted molar refractivity (Wildman–Crippen MR) is 82.3 cm³/mol. The van der Waals surface area contributed by atoms with Gasteiger partial charge in [0.2, 0.25) is 5.91 Å². The Hall–Kier alpha value is -1.60. The van der Waals surface area contributed by atoms with Gasteiger partial charge < -0.3 is 15.8 Å². The fraction of sp³-hybridized carbons (Fsp3) is 0.615. The third-order valence-electron chi connectivity index (χ3n) is 2.78. The smallest absolute Gasteiger partial charge is 0.327 e. The summed E-state index contributed by atoms with van der Waals surface area (Å²) in [6.45, 7) is 0.731. The number of rotatable bonds is 9. The summed E-state index contributed by atoms with van der Waals surface area (Å²) in [4.78, 5) is 22.7. The summed E-state index contributed by atoms with van der Waals surface area (Å²) < 4.78 is 5.95. The summed E-state index contributed by atoms with van der Waals surface area (Å²) in [6, 6.07) is 1.65. The number of hydrogen-bond acceptors (Lipinski definition) is 5. The van der Waals surface area contributed by atoms with E-state index in [-0.39, 0.29) is 30.8 Å². The van der Waals surface area contributed by atoms with Crippen LogP contribution in [0.4, 0.5) is 5.82 Å². The van der Waals surface area contributed by atoms with E-state index >= 15 is 0 Å². The van der Waals surface area contributed by atoms with Gasteiger partial charge in [-0.1, -0.05) is 12.8 Å². The Morgan fingerprint density at radius 2 is 2.05 bits per heavy atom. The zero-order valence-electron chi connectivity index (χ0n) is 12.2. The monoisotopic (exact) mass is 318 g/mol. The number of unbranched alkanes of at least 4 members (excludes halogenated alkanes) is 3. The highest BCUT2D eigenvalue weighted by atomic mass is 35.5. The highest BCUT2D eigenvalue weighted by molar-refractivity contribution is 5.89. The molecular formula is C13H23ClN4O3. The molecule has 0 spiro atoms. The average molecular weight is 319 g/mol. The molecule has 3 N–H and O–H groups in total. The number of aromatic nitrogens is 2. The Morgan fingerprint density at radius 1 is 1.33 bits per heavy atom. The minimum Gasteiger partial charge on any atom is -0.468 e. The van der Waals surface area contributed by atoms with Gasteiger partial charge >= 0.3 is 5.97 Å². The lowest BCUT2D eigenvalue weighted by molar-refractivity contribution is -0.141. The quantitative estimate of drug-likeness (QED) is 0.528. The lowest BCUT2D eigenvalue weighted by Gasteiger charge is -2.02. The van der Waals surface area contributed by atoms with Crippen LogP contribution in [0.1, 0.15) is 32.1 Å². The number of ether oxygens (including phenoxy) is 1. The van der Waals surface area contributed by atoms with E-state index < -0.39 is 0 Å². The van der Waals surface area contributed by atoms with Crippen molar-refractivity contribution in [2.75, 3.05) is 19.0 Å². The van der Waals surface area contributed by atoms with Crippen molar-refractivity contribution < 1.29 is 14.3 Å². The van der Waals surface area contributed by atoms with E-state index in [9.17, 15) is 9.59 Å². The molecule has 0 saturated heterocycles. The van der Waals surface area contributed by atoms with Gasteiger partial charge in [-0.25, -0.2) is 0 Å². The maximum atomic E-state index is 11.7. The largest absolute Gasteiger partial charge is 0.468 e. The first kappa shape index (κ1) is 19.4. The van der Waals surface area contributed by atoms with Gasteiger partial charge in [0.1, 0.15) is 6.54 Å². The first-order chi connectivity index (χ1) is 9.65. The topological polar surface area (TPSA) is 99.2 Å². The highest BCUT2D eigenvalue weighted by Crippen LogP contribution is 2.06. The molecule has 0 radical (unpaired) electrons. The number of carbonyl (C=O) groups is 2. The van der Waals surface area contributed by atoms with Crippen molar-refractivity contribution >= 4 is 30.1 Å². The number of esters is 1. The Morgan fingerprint density at radius 3 is 2.71 bits per heavy atom. The number of carbonyl (C=O) groups excluding carboxylic acids is 2. The third-order valence-corrected chi connectivity index (χ3v) is 2.78. The van der Waals surface area contributed by atoms with E-state index in [1.54, 1.807) is 12.3 Å². The van der Waals surface area contributed by atoms with Crippen LogP contribution >= 0.6 is 12.4 Å².